The van der Waals surface area contributed by atoms with Crippen molar-refractivity contribution in [3.63, 3.8) is 0 Å². The van der Waals surface area contributed by atoms with E-state index < -0.39 is 10.0 Å². The van der Waals surface area contributed by atoms with Crippen LogP contribution in [0.4, 0.5) is 0 Å². The number of benzene rings is 2. The maximum Gasteiger partial charge on any atom is 0.251 e. The lowest BCUT2D eigenvalue weighted by atomic mass is 9.92. The van der Waals surface area contributed by atoms with Crippen LogP contribution in [0.25, 0.3) is 0 Å². The summed E-state index contributed by atoms with van der Waals surface area (Å²) in [6.07, 6.45) is 1.25. The van der Waals surface area contributed by atoms with E-state index in [2.05, 4.69) is 28.8 Å². The third-order valence-electron chi connectivity index (χ3n) is 5.73. The SMILES string of the molecule is Cc1ccc(S(=O)(=O)NCc2ccccc2)cc1C(=O)NCCN1CC(C)CC(C)C1. The second-order valence-corrected chi connectivity index (χ2v) is 10.5. The molecule has 0 spiro atoms. The monoisotopic (exact) mass is 443 g/mol. The molecule has 0 saturated carbocycles. The van der Waals surface area contributed by atoms with Gasteiger partial charge in [0.25, 0.3) is 5.91 Å². The molecule has 31 heavy (non-hydrogen) atoms. The first-order valence-corrected chi connectivity index (χ1v) is 12.4. The summed E-state index contributed by atoms with van der Waals surface area (Å²) >= 11 is 0. The third kappa shape index (κ3) is 6.63. The Bertz CT molecular complexity index is 982. The Morgan fingerprint density at radius 1 is 1.06 bits per heavy atom. The summed E-state index contributed by atoms with van der Waals surface area (Å²) in [6.45, 7) is 10.0. The normalized spacial score (nSPS) is 19.8. The standard InChI is InChI=1S/C24H33N3O3S/c1-18-13-19(2)17-27(16-18)12-11-25-24(28)23-14-22(10-9-20(23)3)31(29,30)26-15-21-7-5-4-6-8-21/h4-10,14,18-19,26H,11-13,15-17H2,1-3H3,(H,25,28). The van der Waals surface area contributed by atoms with Crippen molar-refractivity contribution in [2.75, 3.05) is 26.2 Å². The molecule has 1 saturated heterocycles. The van der Waals surface area contributed by atoms with Gasteiger partial charge in [-0.3, -0.25) is 4.79 Å². The summed E-state index contributed by atoms with van der Waals surface area (Å²) in [7, 11) is -3.72. The summed E-state index contributed by atoms with van der Waals surface area (Å²) in [4.78, 5) is 15.2. The zero-order valence-corrected chi connectivity index (χ0v) is 19.4. The molecule has 2 atom stereocenters. The Morgan fingerprint density at radius 2 is 1.74 bits per heavy atom. The molecule has 1 heterocycles. The van der Waals surface area contributed by atoms with Crippen molar-refractivity contribution < 1.29 is 13.2 Å². The lowest BCUT2D eigenvalue weighted by Crippen LogP contribution is -2.43. The van der Waals surface area contributed by atoms with Crippen molar-refractivity contribution in [3.8, 4) is 0 Å². The topological polar surface area (TPSA) is 78.5 Å². The first-order valence-electron chi connectivity index (χ1n) is 10.9. The minimum atomic E-state index is -3.72. The largest absolute Gasteiger partial charge is 0.351 e. The van der Waals surface area contributed by atoms with Crippen LogP contribution in [0.1, 0.15) is 41.8 Å². The van der Waals surface area contributed by atoms with E-state index >= 15 is 0 Å². The number of carbonyl (C=O) groups excluding carboxylic acids is 1. The fraction of sp³-hybridized carbons (Fsp3) is 0.458. The summed E-state index contributed by atoms with van der Waals surface area (Å²) in [6, 6.07) is 14.0. The first-order chi connectivity index (χ1) is 14.7. The molecule has 0 bridgehead atoms. The van der Waals surface area contributed by atoms with Gasteiger partial charge in [-0.2, -0.15) is 0 Å². The minimum Gasteiger partial charge on any atom is -0.351 e. The molecule has 168 valence electrons. The molecule has 6 nitrogen and oxygen atoms in total. The van der Waals surface area contributed by atoms with Gasteiger partial charge in [-0.1, -0.05) is 50.2 Å². The Morgan fingerprint density at radius 3 is 2.42 bits per heavy atom. The van der Waals surface area contributed by atoms with Gasteiger partial charge in [0.2, 0.25) is 10.0 Å². The van der Waals surface area contributed by atoms with Gasteiger partial charge < -0.3 is 10.2 Å². The highest BCUT2D eigenvalue weighted by molar-refractivity contribution is 7.89. The highest BCUT2D eigenvalue weighted by atomic mass is 32.2. The quantitative estimate of drug-likeness (QED) is 0.657. The van der Waals surface area contributed by atoms with Crippen molar-refractivity contribution in [2.24, 2.45) is 11.8 Å². The van der Waals surface area contributed by atoms with Gasteiger partial charge in [-0.25, -0.2) is 13.1 Å². The van der Waals surface area contributed by atoms with Crippen LogP contribution in [0.2, 0.25) is 0 Å². The molecule has 3 rings (SSSR count). The van der Waals surface area contributed by atoms with E-state index in [-0.39, 0.29) is 17.3 Å². The zero-order chi connectivity index (χ0) is 22.4. The number of sulfonamides is 1. The highest BCUT2D eigenvalue weighted by Crippen LogP contribution is 2.20. The van der Waals surface area contributed by atoms with Gasteiger partial charge in [0, 0.05) is 38.3 Å². The van der Waals surface area contributed by atoms with Gasteiger partial charge in [0.15, 0.2) is 0 Å². The van der Waals surface area contributed by atoms with Crippen LogP contribution in [0, 0.1) is 18.8 Å². The minimum absolute atomic E-state index is 0.0952. The van der Waals surface area contributed by atoms with Crippen molar-refractivity contribution in [2.45, 2.75) is 38.6 Å². The average Bonchev–Trinajstić information content (AvgIpc) is 2.72. The number of carbonyl (C=O) groups is 1. The van der Waals surface area contributed by atoms with Crippen molar-refractivity contribution in [1.29, 1.82) is 0 Å². The molecule has 2 aromatic rings. The number of nitrogens with zero attached hydrogens (tertiary/aromatic N) is 1. The summed E-state index contributed by atoms with van der Waals surface area (Å²) in [5, 5.41) is 2.96. The van der Waals surface area contributed by atoms with Gasteiger partial charge >= 0.3 is 0 Å². The van der Waals surface area contributed by atoms with Gasteiger partial charge in [0.05, 0.1) is 4.90 Å². The Balaban J connectivity index is 1.61. The van der Waals surface area contributed by atoms with Crippen LogP contribution in [0.15, 0.2) is 53.4 Å². The molecule has 0 radical (unpaired) electrons. The molecule has 0 aromatic heterocycles. The number of aryl methyl sites for hydroxylation is 1. The summed E-state index contributed by atoms with van der Waals surface area (Å²) in [5.41, 5.74) is 2.01. The number of piperidine rings is 1. The van der Waals surface area contributed by atoms with Crippen LogP contribution in [0.5, 0.6) is 0 Å². The Labute approximate surface area is 186 Å². The fourth-order valence-electron chi connectivity index (χ4n) is 4.27. The van der Waals surface area contributed by atoms with Crippen LogP contribution in [0.3, 0.4) is 0 Å². The molecule has 1 aliphatic rings. The first kappa shape index (κ1) is 23.4. The number of likely N-dealkylation sites (tertiary alicyclic amines) is 1. The second kappa shape index (κ2) is 10.4. The smallest absolute Gasteiger partial charge is 0.251 e. The molecule has 1 amide bonds. The summed E-state index contributed by atoms with van der Waals surface area (Å²) in [5.74, 6) is 1.11. The lowest BCUT2D eigenvalue weighted by Gasteiger charge is -2.34. The molecular weight excluding hydrogens is 410 g/mol. The molecule has 2 unspecified atom stereocenters. The Kier molecular flexibility index (Phi) is 7.86. The van der Waals surface area contributed by atoms with Gasteiger partial charge in [-0.15, -0.1) is 0 Å². The lowest BCUT2D eigenvalue weighted by molar-refractivity contribution is 0.0936. The van der Waals surface area contributed by atoms with Crippen LogP contribution in [-0.4, -0.2) is 45.4 Å². The van der Waals surface area contributed by atoms with E-state index in [1.54, 1.807) is 6.07 Å². The van der Waals surface area contributed by atoms with E-state index in [4.69, 9.17) is 0 Å². The van der Waals surface area contributed by atoms with E-state index in [9.17, 15) is 13.2 Å². The second-order valence-electron chi connectivity index (χ2n) is 8.75. The maximum absolute atomic E-state index is 12.7. The number of hydrogen-bond donors (Lipinski definition) is 2. The van der Waals surface area contributed by atoms with Gasteiger partial charge in [0.1, 0.15) is 0 Å². The van der Waals surface area contributed by atoms with E-state index in [1.165, 1.54) is 18.6 Å². The molecule has 1 aliphatic heterocycles. The summed E-state index contributed by atoms with van der Waals surface area (Å²) < 4.78 is 28.1. The molecule has 1 fully saturated rings. The number of nitrogens with one attached hydrogen (secondary N) is 2. The number of amides is 1. The zero-order valence-electron chi connectivity index (χ0n) is 18.6. The van der Waals surface area contributed by atoms with Crippen molar-refractivity contribution >= 4 is 15.9 Å². The van der Waals surface area contributed by atoms with Crippen LogP contribution >= 0.6 is 0 Å². The molecule has 2 N–H and O–H groups in total. The van der Waals surface area contributed by atoms with E-state index in [0.717, 1.165) is 30.8 Å². The van der Waals surface area contributed by atoms with Gasteiger partial charge in [-0.05, 0) is 48.4 Å². The van der Waals surface area contributed by atoms with Crippen LogP contribution < -0.4 is 10.0 Å². The number of hydrogen-bond acceptors (Lipinski definition) is 4. The van der Waals surface area contributed by atoms with Crippen molar-refractivity contribution in [1.82, 2.24) is 14.9 Å². The predicted molar refractivity (Wildman–Crippen MR) is 123 cm³/mol. The molecule has 0 aliphatic carbocycles. The van der Waals surface area contributed by atoms with E-state index in [0.29, 0.717) is 23.9 Å². The predicted octanol–water partition coefficient (Wildman–Crippen LogP) is 3.18. The fourth-order valence-corrected chi connectivity index (χ4v) is 5.31. The van der Waals surface area contributed by atoms with E-state index in [1.807, 2.05) is 37.3 Å². The average molecular weight is 444 g/mol. The van der Waals surface area contributed by atoms with Crippen LogP contribution in [-0.2, 0) is 16.6 Å². The Hall–Kier alpha value is -2.22. The molecular formula is C24H33N3O3S. The maximum atomic E-state index is 12.7. The highest BCUT2D eigenvalue weighted by Gasteiger charge is 2.22. The third-order valence-corrected chi connectivity index (χ3v) is 7.13. The number of rotatable bonds is 8. The van der Waals surface area contributed by atoms with Crippen molar-refractivity contribution in [3.05, 3.63) is 65.2 Å². The molecule has 7 heteroatoms. The molecule has 2 aromatic carbocycles.